The highest BCUT2D eigenvalue weighted by molar-refractivity contribution is 6.03. The lowest BCUT2D eigenvalue weighted by Crippen LogP contribution is -2.42. The number of carbonyl (C=O) groups is 3. The summed E-state index contributed by atoms with van der Waals surface area (Å²) < 4.78 is 23.3. The Morgan fingerprint density at radius 2 is 1.84 bits per heavy atom. The van der Waals surface area contributed by atoms with Crippen LogP contribution in [-0.2, 0) is 35.2 Å². The van der Waals surface area contributed by atoms with Gasteiger partial charge in [0.05, 0.1) is 31.2 Å². The number of methoxy groups -OCH3 is 1. The van der Waals surface area contributed by atoms with Gasteiger partial charge in [-0.3, -0.25) is 9.59 Å². The van der Waals surface area contributed by atoms with Crippen molar-refractivity contribution in [2.45, 2.75) is 76.8 Å². The normalized spacial score (nSPS) is 31.1. The lowest BCUT2D eigenvalue weighted by Gasteiger charge is -2.35. The molecule has 0 unspecified atom stereocenters. The first-order valence-electron chi connectivity index (χ1n) is 13.0. The van der Waals surface area contributed by atoms with Crippen molar-refractivity contribution in [3.8, 4) is 5.75 Å². The largest absolute Gasteiger partial charge is 0.497 e. The average molecular weight is 509 g/mol. The molecule has 0 aromatic heterocycles. The minimum absolute atomic E-state index is 0.158. The van der Waals surface area contributed by atoms with Crippen molar-refractivity contribution in [2.24, 2.45) is 11.8 Å². The first-order valence-corrected chi connectivity index (χ1v) is 13.0. The lowest BCUT2D eigenvalue weighted by molar-refractivity contribution is -0.162. The van der Waals surface area contributed by atoms with E-state index >= 15 is 0 Å². The first-order chi connectivity index (χ1) is 17.7. The molecule has 4 rings (SSSR count). The van der Waals surface area contributed by atoms with Crippen LogP contribution in [0.15, 0.2) is 60.2 Å². The van der Waals surface area contributed by atoms with E-state index in [0.29, 0.717) is 5.57 Å². The van der Waals surface area contributed by atoms with Gasteiger partial charge in [0.2, 0.25) is 0 Å². The molecule has 0 N–H and O–H groups in total. The van der Waals surface area contributed by atoms with E-state index in [1.165, 1.54) is 6.08 Å². The van der Waals surface area contributed by atoms with Gasteiger partial charge < -0.3 is 18.9 Å². The van der Waals surface area contributed by atoms with Gasteiger partial charge in [0, 0.05) is 12.0 Å². The van der Waals surface area contributed by atoms with Crippen LogP contribution in [0.25, 0.3) is 0 Å². The molecular weight excluding hydrogens is 472 g/mol. The highest BCUT2D eigenvalue weighted by Gasteiger charge is 2.47. The van der Waals surface area contributed by atoms with Crippen molar-refractivity contribution in [2.75, 3.05) is 7.11 Å². The standard InChI is InChI=1S/C30H36O7/c1-19-16-25-27(20(2)28(32)36-25)26(37-29(33)22-8-6-5-7-9-22)17-30(3,15-14-24(19)31)35-18-21-10-12-23(34-4)13-11-21/h10-16,22,25-27H,2,5-9,17-18H2,1,3-4H3/b15-14+,19-16-/t25-,26-,27+,30+/m1/s1. The molecule has 2 fully saturated rings. The highest BCUT2D eigenvalue weighted by Crippen LogP contribution is 2.39. The van der Waals surface area contributed by atoms with Gasteiger partial charge in [-0.2, -0.15) is 0 Å². The van der Waals surface area contributed by atoms with Crippen molar-refractivity contribution >= 4 is 17.7 Å². The Hall–Kier alpha value is -3.19. The Morgan fingerprint density at radius 1 is 1.14 bits per heavy atom. The number of ketones is 1. The van der Waals surface area contributed by atoms with Gasteiger partial charge in [-0.25, -0.2) is 4.79 Å². The monoisotopic (exact) mass is 508 g/mol. The summed E-state index contributed by atoms with van der Waals surface area (Å²) in [5, 5.41) is 0. The molecule has 37 heavy (non-hydrogen) atoms. The van der Waals surface area contributed by atoms with E-state index < -0.39 is 29.7 Å². The zero-order valence-corrected chi connectivity index (χ0v) is 21.9. The minimum atomic E-state index is -0.971. The number of allylic oxidation sites excluding steroid dienone is 2. The molecule has 1 aromatic carbocycles. The highest BCUT2D eigenvalue weighted by atomic mass is 16.6. The predicted octanol–water partition coefficient (Wildman–Crippen LogP) is 5.04. The van der Waals surface area contributed by atoms with Crippen molar-refractivity contribution < 1.29 is 33.3 Å². The van der Waals surface area contributed by atoms with Crippen LogP contribution in [0.2, 0.25) is 0 Å². The van der Waals surface area contributed by atoms with E-state index in [1.807, 2.05) is 31.2 Å². The van der Waals surface area contributed by atoms with Crippen LogP contribution in [0.4, 0.5) is 0 Å². The van der Waals surface area contributed by atoms with Gasteiger partial charge in [-0.1, -0.05) is 38.0 Å². The third-order valence-corrected chi connectivity index (χ3v) is 7.59. The molecule has 1 heterocycles. The maximum Gasteiger partial charge on any atom is 0.334 e. The molecule has 198 valence electrons. The zero-order valence-electron chi connectivity index (χ0n) is 21.9. The summed E-state index contributed by atoms with van der Waals surface area (Å²) in [4.78, 5) is 38.6. The van der Waals surface area contributed by atoms with Gasteiger partial charge in [-0.05, 0) is 68.2 Å². The summed E-state index contributed by atoms with van der Waals surface area (Å²) in [5.74, 6) is -1.03. The molecule has 0 radical (unpaired) electrons. The van der Waals surface area contributed by atoms with E-state index in [1.54, 1.807) is 26.2 Å². The van der Waals surface area contributed by atoms with Gasteiger partial charge in [0.15, 0.2) is 5.78 Å². The molecule has 2 aliphatic carbocycles. The second-order valence-electron chi connectivity index (χ2n) is 10.4. The van der Waals surface area contributed by atoms with E-state index in [4.69, 9.17) is 18.9 Å². The second kappa shape index (κ2) is 11.5. The number of hydrogen-bond acceptors (Lipinski definition) is 7. The van der Waals surface area contributed by atoms with Crippen LogP contribution in [0, 0.1) is 11.8 Å². The molecule has 7 heteroatoms. The third-order valence-electron chi connectivity index (χ3n) is 7.59. The Bertz CT molecular complexity index is 1090. The average Bonchev–Trinajstić information content (AvgIpc) is 3.18. The molecule has 3 aliphatic rings. The van der Waals surface area contributed by atoms with Crippen LogP contribution in [0.1, 0.15) is 57.9 Å². The molecule has 1 aliphatic heterocycles. The van der Waals surface area contributed by atoms with Gasteiger partial charge in [-0.15, -0.1) is 0 Å². The van der Waals surface area contributed by atoms with E-state index in [9.17, 15) is 14.4 Å². The van der Waals surface area contributed by atoms with Gasteiger partial charge in [0.1, 0.15) is 18.0 Å². The van der Waals surface area contributed by atoms with Crippen molar-refractivity contribution in [3.63, 3.8) is 0 Å². The number of fused-ring (bicyclic) bond motifs is 1. The summed E-state index contributed by atoms with van der Waals surface area (Å²) in [6.45, 7) is 7.77. The van der Waals surface area contributed by atoms with E-state index in [2.05, 4.69) is 6.58 Å². The summed E-state index contributed by atoms with van der Waals surface area (Å²) in [6.07, 6.45) is 8.32. The van der Waals surface area contributed by atoms with Crippen molar-refractivity contribution in [1.29, 1.82) is 0 Å². The van der Waals surface area contributed by atoms with Crippen LogP contribution in [-0.4, -0.2) is 42.6 Å². The Balaban J connectivity index is 1.64. The summed E-state index contributed by atoms with van der Waals surface area (Å²) in [7, 11) is 1.61. The Kier molecular flexibility index (Phi) is 8.32. The Morgan fingerprint density at radius 3 is 2.51 bits per heavy atom. The summed E-state index contributed by atoms with van der Waals surface area (Å²) in [6, 6.07) is 7.53. The topological polar surface area (TPSA) is 88.1 Å². The fourth-order valence-corrected chi connectivity index (χ4v) is 5.26. The molecule has 7 nitrogen and oxygen atoms in total. The molecule has 0 bridgehead atoms. The van der Waals surface area contributed by atoms with Gasteiger partial charge >= 0.3 is 11.9 Å². The minimum Gasteiger partial charge on any atom is -0.497 e. The van der Waals surface area contributed by atoms with Crippen LogP contribution >= 0.6 is 0 Å². The number of carbonyl (C=O) groups excluding carboxylic acids is 3. The van der Waals surface area contributed by atoms with Crippen LogP contribution in [0.3, 0.4) is 0 Å². The van der Waals surface area contributed by atoms with E-state index in [0.717, 1.165) is 43.4 Å². The van der Waals surface area contributed by atoms with Gasteiger partial charge in [0.25, 0.3) is 0 Å². The SMILES string of the molecule is C=C1C(=O)O[C@@H]2/C=C(/C)C(=O)/C=C/[C@](C)(OCc3ccc(OC)cc3)C[C@@H](OC(=O)C3CCCCC3)[C@@H]12. The third kappa shape index (κ3) is 6.39. The van der Waals surface area contributed by atoms with Crippen LogP contribution < -0.4 is 4.74 Å². The molecular formula is C30H36O7. The lowest BCUT2D eigenvalue weighted by atomic mass is 9.82. The number of benzene rings is 1. The maximum absolute atomic E-state index is 13.2. The van der Waals surface area contributed by atoms with Crippen molar-refractivity contribution in [1.82, 2.24) is 0 Å². The first kappa shape index (κ1) is 26.9. The molecule has 0 spiro atoms. The van der Waals surface area contributed by atoms with Crippen molar-refractivity contribution in [3.05, 3.63) is 65.8 Å². The molecule has 1 saturated carbocycles. The fourth-order valence-electron chi connectivity index (χ4n) is 5.26. The van der Waals surface area contributed by atoms with E-state index in [-0.39, 0.29) is 36.3 Å². The molecule has 1 saturated heterocycles. The van der Waals surface area contributed by atoms with Crippen LogP contribution in [0.5, 0.6) is 5.75 Å². The number of esters is 2. The maximum atomic E-state index is 13.2. The Labute approximate surface area is 218 Å². The predicted molar refractivity (Wildman–Crippen MR) is 138 cm³/mol. The molecule has 4 atom stereocenters. The summed E-state index contributed by atoms with van der Waals surface area (Å²) >= 11 is 0. The molecule has 0 amide bonds. The quantitative estimate of drug-likeness (QED) is 0.393. The fraction of sp³-hybridized carbons (Fsp3) is 0.500. The number of hydrogen-bond donors (Lipinski definition) is 0. The zero-order chi connectivity index (χ0) is 26.6. The molecule has 1 aromatic rings. The second-order valence-corrected chi connectivity index (χ2v) is 10.4. The smallest absolute Gasteiger partial charge is 0.334 e. The summed E-state index contributed by atoms with van der Waals surface area (Å²) in [5.41, 5.74) is 0.629. The number of rotatable bonds is 6. The number of ether oxygens (including phenoxy) is 4.